The van der Waals surface area contributed by atoms with E-state index in [2.05, 4.69) is 133 Å². The Hall–Kier alpha value is -5.34. The van der Waals surface area contributed by atoms with Crippen molar-refractivity contribution >= 4 is 44.2 Å². The Morgan fingerprint density at radius 3 is 1.98 bits per heavy atom. The van der Waals surface area contributed by atoms with Crippen molar-refractivity contribution in [1.82, 2.24) is 4.98 Å². The molecule has 2 heteroatoms. The Balaban J connectivity index is 1.66. The molecule has 46 heavy (non-hydrogen) atoms. The van der Waals surface area contributed by atoms with Gasteiger partial charge in [-0.2, -0.15) is 0 Å². The molecule has 0 saturated heterocycles. The van der Waals surface area contributed by atoms with Crippen LogP contribution in [0.2, 0.25) is 0 Å². The summed E-state index contributed by atoms with van der Waals surface area (Å²) >= 11 is 0. The highest BCUT2D eigenvalue weighted by atomic mass is 14.7. The van der Waals surface area contributed by atoms with Crippen molar-refractivity contribution in [2.24, 2.45) is 4.99 Å². The van der Waals surface area contributed by atoms with E-state index in [4.69, 9.17) is 0 Å². The number of aromatic nitrogens is 1. The van der Waals surface area contributed by atoms with Crippen molar-refractivity contribution in [1.29, 1.82) is 0 Å². The predicted octanol–water partition coefficient (Wildman–Crippen LogP) is 12.5. The van der Waals surface area contributed by atoms with Crippen molar-refractivity contribution in [2.75, 3.05) is 0 Å². The molecule has 0 saturated carbocycles. The maximum atomic E-state index is 4.67. The fraction of sp³-hybridized carbons (Fsp3) is 0.136. The molecule has 6 rings (SSSR count). The highest BCUT2D eigenvalue weighted by molar-refractivity contribution is 6.20. The van der Waals surface area contributed by atoms with Crippen molar-refractivity contribution in [3.05, 3.63) is 158 Å². The molecule has 0 aliphatic carbocycles. The molecule has 6 aromatic rings. The van der Waals surface area contributed by atoms with Crippen LogP contribution in [0.25, 0.3) is 60.3 Å². The number of hydrogen-bond donors (Lipinski definition) is 0. The molecule has 0 spiro atoms. The zero-order valence-electron chi connectivity index (χ0n) is 26.8. The first-order chi connectivity index (χ1) is 22.7. The van der Waals surface area contributed by atoms with E-state index in [0.29, 0.717) is 0 Å². The molecule has 5 aromatic carbocycles. The predicted molar refractivity (Wildman–Crippen MR) is 202 cm³/mol. The normalized spacial score (nSPS) is 12.9. The highest BCUT2D eigenvalue weighted by Crippen LogP contribution is 2.46. The first-order valence-corrected chi connectivity index (χ1v) is 16.2. The van der Waals surface area contributed by atoms with Crippen molar-refractivity contribution in [3.8, 4) is 22.3 Å². The van der Waals surface area contributed by atoms with Gasteiger partial charge in [-0.1, -0.05) is 129 Å². The molecule has 1 aromatic heterocycles. The molecule has 1 atom stereocenters. The van der Waals surface area contributed by atoms with Crippen LogP contribution in [0.15, 0.2) is 152 Å². The Kier molecular flexibility index (Phi) is 9.45. The summed E-state index contributed by atoms with van der Waals surface area (Å²) in [7, 11) is 0. The van der Waals surface area contributed by atoms with Gasteiger partial charge in [-0.3, -0.25) is 9.98 Å². The molecule has 1 heterocycles. The van der Waals surface area contributed by atoms with E-state index in [1.165, 1.54) is 49.0 Å². The van der Waals surface area contributed by atoms with E-state index >= 15 is 0 Å². The number of nitrogens with zero attached hydrogens (tertiary/aromatic N) is 2. The molecule has 1 unspecified atom stereocenters. The monoisotopic (exact) mass is 596 g/mol. The lowest BCUT2D eigenvalue weighted by molar-refractivity contribution is 0.864. The summed E-state index contributed by atoms with van der Waals surface area (Å²) in [6, 6.07) is 33.2. The zero-order valence-corrected chi connectivity index (χ0v) is 26.8. The number of benzene rings is 5. The largest absolute Gasteiger partial charge is 0.264 e. The highest BCUT2D eigenvalue weighted by Gasteiger charge is 2.21. The van der Waals surface area contributed by atoms with Crippen molar-refractivity contribution < 1.29 is 0 Å². The standard InChI is InChI=1S/C44H40N2/c1-5-9-10-19-31(17-6-2)43-36-22-13-15-24-38(36)44(39-25-16-14-23-37(39)43)40-27-26-34(32-20-11-12-21-33(32)40)41-30-45-29-28-35(41)42(18-7-3)46-8-4/h6-8,10-16,18-31H,2-3,5,9,17H2,1,4H3/b19-10-,42-18-,46-8?. The van der Waals surface area contributed by atoms with Gasteiger partial charge in [-0.05, 0) is 86.5 Å². The number of fused-ring (bicyclic) bond motifs is 3. The van der Waals surface area contributed by atoms with Gasteiger partial charge in [0.2, 0.25) is 0 Å². The van der Waals surface area contributed by atoms with Gasteiger partial charge in [0.25, 0.3) is 0 Å². The average molecular weight is 597 g/mol. The fourth-order valence-corrected chi connectivity index (χ4v) is 6.79. The minimum atomic E-state index is 0.250. The Morgan fingerprint density at radius 1 is 0.761 bits per heavy atom. The Bertz CT molecular complexity index is 2090. The summed E-state index contributed by atoms with van der Waals surface area (Å²) in [6.07, 6.45) is 19.2. The maximum Gasteiger partial charge on any atom is 0.0705 e. The summed E-state index contributed by atoms with van der Waals surface area (Å²) in [4.78, 5) is 9.21. The second-order valence-corrected chi connectivity index (χ2v) is 11.5. The molecule has 226 valence electrons. The molecule has 0 aliphatic rings. The van der Waals surface area contributed by atoms with Crippen LogP contribution in [-0.4, -0.2) is 11.2 Å². The molecule has 0 amide bonds. The van der Waals surface area contributed by atoms with Gasteiger partial charge >= 0.3 is 0 Å². The summed E-state index contributed by atoms with van der Waals surface area (Å²) < 4.78 is 0. The molecule has 0 N–H and O–H groups in total. The maximum absolute atomic E-state index is 4.67. The summed E-state index contributed by atoms with van der Waals surface area (Å²) in [5.41, 5.74) is 7.91. The van der Waals surface area contributed by atoms with Crippen LogP contribution in [0.3, 0.4) is 0 Å². The molecule has 2 nitrogen and oxygen atoms in total. The Labute approximate surface area is 272 Å². The number of unbranched alkanes of at least 4 members (excludes halogenated alkanes) is 1. The zero-order chi connectivity index (χ0) is 31.9. The molecule has 0 aliphatic heterocycles. The van der Waals surface area contributed by atoms with Crippen LogP contribution in [0, 0.1) is 0 Å². The number of hydrogen-bond acceptors (Lipinski definition) is 2. The van der Waals surface area contributed by atoms with Crippen LogP contribution in [0.5, 0.6) is 0 Å². The van der Waals surface area contributed by atoms with E-state index in [-0.39, 0.29) is 5.92 Å². The molecule has 0 fully saturated rings. The third kappa shape index (κ3) is 5.75. The van der Waals surface area contributed by atoms with Gasteiger partial charge in [-0.15, -0.1) is 6.58 Å². The second-order valence-electron chi connectivity index (χ2n) is 11.5. The number of allylic oxidation sites excluding steroid dienone is 5. The van der Waals surface area contributed by atoms with Gasteiger partial charge in [0, 0.05) is 35.7 Å². The van der Waals surface area contributed by atoms with Crippen LogP contribution < -0.4 is 0 Å². The smallest absolute Gasteiger partial charge is 0.0705 e. The molecular formula is C44H40N2. The first-order valence-electron chi connectivity index (χ1n) is 16.2. The fourth-order valence-electron chi connectivity index (χ4n) is 6.79. The summed E-state index contributed by atoms with van der Waals surface area (Å²) in [6.45, 7) is 12.2. The van der Waals surface area contributed by atoms with Gasteiger partial charge in [0.15, 0.2) is 0 Å². The number of aliphatic imine (C=N–C) groups is 1. The van der Waals surface area contributed by atoms with Gasteiger partial charge in [-0.25, -0.2) is 0 Å². The third-order valence-corrected chi connectivity index (χ3v) is 8.71. The van der Waals surface area contributed by atoms with Crippen LogP contribution in [0.4, 0.5) is 0 Å². The summed E-state index contributed by atoms with van der Waals surface area (Å²) in [5.74, 6) is 0.250. The minimum absolute atomic E-state index is 0.250. The number of pyridine rings is 1. The van der Waals surface area contributed by atoms with Gasteiger partial charge in [0.1, 0.15) is 0 Å². The minimum Gasteiger partial charge on any atom is -0.264 e. The van der Waals surface area contributed by atoms with Crippen molar-refractivity contribution in [3.63, 3.8) is 0 Å². The van der Waals surface area contributed by atoms with Crippen molar-refractivity contribution in [2.45, 2.75) is 39.0 Å². The molecule has 0 bridgehead atoms. The van der Waals surface area contributed by atoms with Crippen LogP contribution in [0.1, 0.15) is 50.2 Å². The Morgan fingerprint density at radius 2 is 1.37 bits per heavy atom. The number of rotatable bonds is 11. The lowest BCUT2D eigenvalue weighted by atomic mass is 9.81. The second kappa shape index (κ2) is 14.2. The summed E-state index contributed by atoms with van der Waals surface area (Å²) in [5, 5.41) is 7.51. The van der Waals surface area contributed by atoms with E-state index in [1.54, 1.807) is 6.08 Å². The molecular weight excluding hydrogens is 556 g/mol. The quantitative estimate of drug-likeness (QED) is 0.0632. The van der Waals surface area contributed by atoms with E-state index in [9.17, 15) is 0 Å². The SMILES string of the molecule is C=C/C=C(\N=CC)c1ccncc1-c1ccc(-c2c3ccccc3c(C(/C=C\CCC)CC=C)c3ccccc23)c2ccccc12. The average Bonchev–Trinajstić information content (AvgIpc) is 3.10. The first kappa shape index (κ1) is 30.7. The van der Waals surface area contributed by atoms with E-state index in [1.807, 2.05) is 37.7 Å². The lowest BCUT2D eigenvalue weighted by Crippen LogP contribution is -2.00. The van der Waals surface area contributed by atoms with Crippen LogP contribution in [-0.2, 0) is 0 Å². The lowest BCUT2D eigenvalue weighted by Gasteiger charge is -2.22. The topological polar surface area (TPSA) is 25.2 Å². The van der Waals surface area contributed by atoms with Crippen LogP contribution >= 0.6 is 0 Å². The third-order valence-electron chi connectivity index (χ3n) is 8.71. The van der Waals surface area contributed by atoms with Gasteiger partial charge in [0.05, 0.1) is 5.70 Å². The van der Waals surface area contributed by atoms with Gasteiger partial charge < -0.3 is 0 Å². The van der Waals surface area contributed by atoms with E-state index < -0.39 is 0 Å². The molecule has 0 radical (unpaired) electrons. The van der Waals surface area contributed by atoms with E-state index in [0.717, 1.165) is 41.6 Å².